The number of nitrogens with zero attached hydrogens (tertiary/aromatic N) is 2. The van der Waals surface area contributed by atoms with E-state index in [1.165, 1.54) is 32.4 Å². The van der Waals surface area contributed by atoms with E-state index in [-0.39, 0.29) is 10.7 Å². The maximum absolute atomic E-state index is 12.6. The van der Waals surface area contributed by atoms with Crippen LogP contribution in [0.3, 0.4) is 0 Å². The van der Waals surface area contributed by atoms with Crippen molar-refractivity contribution in [1.29, 1.82) is 0 Å². The fourth-order valence-corrected chi connectivity index (χ4v) is 2.95. The van der Waals surface area contributed by atoms with Crippen molar-refractivity contribution in [2.75, 3.05) is 31.0 Å². The van der Waals surface area contributed by atoms with Crippen LogP contribution in [0.15, 0.2) is 42.5 Å². The molecule has 0 saturated carbocycles. The predicted molar refractivity (Wildman–Crippen MR) is 104 cm³/mol. The molecule has 0 spiro atoms. The Kier molecular flexibility index (Phi) is 5.69. The first-order valence-corrected chi connectivity index (χ1v) is 8.71. The lowest BCUT2D eigenvalue weighted by Crippen LogP contribution is -2.39. The molecule has 0 aliphatic carbocycles. The first kappa shape index (κ1) is 20.2. The van der Waals surface area contributed by atoms with Crippen LogP contribution in [-0.2, 0) is 14.4 Å². The molecule has 1 saturated heterocycles. The molecule has 2 aromatic rings. The van der Waals surface area contributed by atoms with Gasteiger partial charge < -0.3 is 14.8 Å². The number of methoxy groups -OCH3 is 2. The molecule has 0 atom stereocenters. The molecule has 2 aromatic carbocycles. The first-order chi connectivity index (χ1) is 13.8. The summed E-state index contributed by atoms with van der Waals surface area (Å²) in [6.07, 6.45) is 0. The summed E-state index contributed by atoms with van der Waals surface area (Å²) >= 11 is 6.00. The molecule has 1 fully saturated rings. The van der Waals surface area contributed by atoms with E-state index in [2.05, 4.69) is 5.32 Å². The van der Waals surface area contributed by atoms with E-state index in [9.17, 15) is 19.2 Å². The fraction of sp³-hybridized carbons (Fsp3) is 0.158. The summed E-state index contributed by atoms with van der Waals surface area (Å²) in [6, 6.07) is 9.67. The quantitative estimate of drug-likeness (QED) is 0.571. The van der Waals surface area contributed by atoms with E-state index >= 15 is 0 Å². The van der Waals surface area contributed by atoms with Gasteiger partial charge in [-0.15, -0.1) is 0 Å². The smallest absolute Gasteiger partial charge is 0.339 e. The van der Waals surface area contributed by atoms with Crippen molar-refractivity contribution in [2.45, 2.75) is 0 Å². The third-order valence-electron chi connectivity index (χ3n) is 4.12. The SMILES string of the molecule is COc1ccc(N2C(=O)C(=O)N(CC(=O)Nc3ccc(OC)c(Cl)c3)C2=O)cc1. The number of imide groups is 2. The van der Waals surface area contributed by atoms with Crippen LogP contribution in [0.1, 0.15) is 0 Å². The largest absolute Gasteiger partial charge is 0.497 e. The molecule has 1 aliphatic heterocycles. The van der Waals surface area contributed by atoms with Crippen LogP contribution in [-0.4, -0.2) is 49.4 Å². The van der Waals surface area contributed by atoms with Gasteiger partial charge in [0.2, 0.25) is 5.91 Å². The normalized spacial score (nSPS) is 13.7. The highest BCUT2D eigenvalue weighted by Gasteiger charge is 2.46. The highest BCUT2D eigenvalue weighted by Crippen LogP contribution is 2.28. The van der Waals surface area contributed by atoms with E-state index in [1.807, 2.05) is 0 Å². The van der Waals surface area contributed by atoms with Crippen molar-refractivity contribution in [2.24, 2.45) is 0 Å². The average Bonchev–Trinajstić information content (AvgIpc) is 2.91. The van der Waals surface area contributed by atoms with Crippen molar-refractivity contribution in [3.05, 3.63) is 47.5 Å². The fourth-order valence-electron chi connectivity index (χ4n) is 2.69. The topological polar surface area (TPSA) is 105 Å². The summed E-state index contributed by atoms with van der Waals surface area (Å²) in [7, 11) is 2.93. The van der Waals surface area contributed by atoms with Gasteiger partial charge in [0.15, 0.2) is 0 Å². The van der Waals surface area contributed by atoms with Gasteiger partial charge >= 0.3 is 17.8 Å². The Morgan fingerprint density at radius 3 is 2.28 bits per heavy atom. The highest BCUT2D eigenvalue weighted by atomic mass is 35.5. The van der Waals surface area contributed by atoms with Crippen molar-refractivity contribution < 1.29 is 28.7 Å². The Balaban J connectivity index is 1.72. The number of halogens is 1. The van der Waals surface area contributed by atoms with Crippen LogP contribution in [0.5, 0.6) is 11.5 Å². The van der Waals surface area contributed by atoms with E-state index < -0.39 is 30.3 Å². The van der Waals surface area contributed by atoms with E-state index in [0.717, 1.165) is 0 Å². The molecule has 5 amide bonds. The predicted octanol–water partition coefficient (Wildman–Crippen LogP) is 2.29. The molecule has 1 aliphatic rings. The summed E-state index contributed by atoms with van der Waals surface area (Å²) in [6.45, 7) is -0.625. The minimum atomic E-state index is -1.09. The van der Waals surface area contributed by atoms with Gasteiger partial charge in [-0.1, -0.05) is 11.6 Å². The summed E-state index contributed by atoms with van der Waals surface area (Å²) in [5, 5.41) is 2.79. The zero-order valence-electron chi connectivity index (χ0n) is 15.5. The maximum Gasteiger partial charge on any atom is 0.339 e. The average molecular weight is 418 g/mol. The van der Waals surface area contributed by atoms with Crippen LogP contribution in [0.2, 0.25) is 5.02 Å². The lowest BCUT2D eigenvalue weighted by molar-refractivity contribution is -0.140. The van der Waals surface area contributed by atoms with Gasteiger partial charge in [0.25, 0.3) is 0 Å². The second kappa shape index (κ2) is 8.19. The number of hydrogen-bond acceptors (Lipinski definition) is 6. The summed E-state index contributed by atoms with van der Waals surface area (Å²) in [5.41, 5.74) is 0.539. The third kappa shape index (κ3) is 3.99. The number of ether oxygens (including phenoxy) is 2. The lowest BCUT2D eigenvalue weighted by Gasteiger charge is -2.16. The Labute approximate surface area is 170 Å². The molecular weight excluding hydrogens is 402 g/mol. The molecule has 0 bridgehead atoms. The standard InChI is InChI=1S/C19H16ClN3O6/c1-28-13-6-4-12(5-7-13)23-18(26)17(25)22(19(23)27)10-16(24)21-11-3-8-15(29-2)14(20)9-11/h3-9H,10H2,1-2H3,(H,21,24). The third-order valence-corrected chi connectivity index (χ3v) is 4.42. The summed E-state index contributed by atoms with van der Waals surface area (Å²) in [4.78, 5) is 50.6. The maximum atomic E-state index is 12.6. The number of rotatable bonds is 6. The Hall–Kier alpha value is -3.59. The number of anilines is 2. The minimum Gasteiger partial charge on any atom is -0.497 e. The van der Waals surface area contributed by atoms with Crippen LogP contribution in [0.25, 0.3) is 0 Å². The number of carbonyl (C=O) groups is 4. The number of carbonyl (C=O) groups excluding carboxylic acids is 4. The molecule has 29 heavy (non-hydrogen) atoms. The van der Waals surface area contributed by atoms with Gasteiger partial charge in [0.1, 0.15) is 18.0 Å². The molecule has 150 valence electrons. The number of nitrogens with one attached hydrogen (secondary N) is 1. The van der Waals surface area contributed by atoms with E-state index in [1.54, 1.807) is 24.3 Å². The van der Waals surface area contributed by atoms with Crippen LogP contribution >= 0.6 is 11.6 Å². The molecule has 9 nitrogen and oxygen atoms in total. The van der Waals surface area contributed by atoms with Gasteiger partial charge in [-0.25, -0.2) is 14.6 Å². The monoisotopic (exact) mass is 417 g/mol. The van der Waals surface area contributed by atoms with Gasteiger partial charge in [-0.2, -0.15) is 0 Å². The van der Waals surface area contributed by atoms with E-state index in [4.69, 9.17) is 21.1 Å². The molecule has 0 radical (unpaired) electrons. The highest BCUT2D eigenvalue weighted by molar-refractivity contribution is 6.53. The molecule has 1 heterocycles. The molecule has 3 rings (SSSR count). The second-order valence-corrected chi connectivity index (χ2v) is 6.32. The van der Waals surface area contributed by atoms with Crippen molar-refractivity contribution in [3.63, 3.8) is 0 Å². The van der Waals surface area contributed by atoms with Crippen molar-refractivity contribution >= 4 is 46.7 Å². The second-order valence-electron chi connectivity index (χ2n) is 5.91. The first-order valence-electron chi connectivity index (χ1n) is 8.33. The van der Waals surface area contributed by atoms with Gasteiger partial charge in [0.05, 0.1) is 24.9 Å². The minimum absolute atomic E-state index is 0.194. The molecule has 0 unspecified atom stereocenters. The Morgan fingerprint density at radius 2 is 1.69 bits per heavy atom. The molecule has 1 N–H and O–H groups in total. The summed E-state index contributed by atoms with van der Waals surface area (Å²) < 4.78 is 10.1. The number of hydrogen-bond donors (Lipinski definition) is 1. The van der Waals surface area contributed by atoms with Crippen molar-refractivity contribution in [1.82, 2.24) is 4.90 Å². The molecule has 0 aromatic heterocycles. The van der Waals surface area contributed by atoms with Crippen LogP contribution in [0, 0.1) is 0 Å². The molecular formula is C19H16ClN3O6. The Morgan fingerprint density at radius 1 is 1.00 bits per heavy atom. The number of urea groups is 1. The van der Waals surface area contributed by atoms with E-state index in [0.29, 0.717) is 27.0 Å². The zero-order chi connectivity index (χ0) is 21.1. The number of amides is 5. The van der Waals surface area contributed by atoms with Gasteiger partial charge in [0, 0.05) is 5.69 Å². The van der Waals surface area contributed by atoms with Crippen LogP contribution in [0.4, 0.5) is 16.2 Å². The van der Waals surface area contributed by atoms with Crippen molar-refractivity contribution in [3.8, 4) is 11.5 Å². The Bertz CT molecular complexity index is 992. The number of benzene rings is 2. The van der Waals surface area contributed by atoms with Gasteiger partial charge in [-0.3, -0.25) is 14.4 Å². The van der Waals surface area contributed by atoms with Crippen LogP contribution < -0.4 is 19.7 Å². The van der Waals surface area contributed by atoms with Gasteiger partial charge in [-0.05, 0) is 42.5 Å². The zero-order valence-corrected chi connectivity index (χ0v) is 16.2. The lowest BCUT2D eigenvalue weighted by atomic mass is 10.3. The summed E-state index contributed by atoms with van der Waals surface area (Å²) in [5.74, 6) is -1.85. The molecule has 10 heteroatoms.